The Kier molecular flexibility index (Phi) is 5.74. The molecular formula is C22H27N3O. The lowest BCUT2D eigenvalue weighted by atomic mass is 10.1. The molecule has 0 unspecified atom stereocenters. The first kappa shape index (κ1) is 18.2. The molecule has 136 valence electrons. The molecule has 0 aliphatic carbocycles. The second-order valence-electron chi connectivity index (χ2n) is 7.07. The monoisotopic (exact) mass is 349 g/mol. The average molecular weight is 349 g/mol. The van der Waals surface area contributed by atoms with Crippen molar-refractivity contribution in [3.63, 3.8) is 0 Å². The zero-order valence-corrected chi connectivity index (χ0v) is 15.9. The average Bonchev–Trinajstić information content (AvgIpc) is 2.97. The van der Waals surface area contributed by atoms with Crippen LogP contribution in [0.25, 0.3) is 10.9 Å². The number of hydrogen-bond acceptors (Lipinski definition) is 2. The smallest absolute Gasteiger partial charge is 0.242 e. The molecule has 0 aliphatic heterocycles. The fourth-order valence-corrected chi connectivity index (χ4v) is 3.23. The first-order chi connectivity index (χ1) is 12.5. The van der Waals surface area contributed by atoms with Crippen LogP contribution < -0.4 is 0 Å². The molecule has 3 rings (SSSR count). The van der Waals surface area contributed by atoms with Gasteiger partial charge in [-0.1, -0.05) is 48.5 Å². The van der Waals surface area contributed by atoms with E-state index in [0.29, 0.717) is 6.54 Å². The molecule has 26 heavy (non-hydrogen) atoms. The van der Waals surface area contributed by atoms with E-state index < -0.39 is 0 Å². The molecule has 1 heterocycles. The second kappa shape index (κ2) is 8.19. The van der Waals surface area contributed by atoms with Gasteiger partial charge in [0.1, 0.15) is 6.54 Å². The number of hydrogen-bond donors (Lipinski definition) is 0. The lowest BCUT2D eigenvalue weighted by molar-refractivity contribution is -0.130. The Balaban J connectivity index is 1.73. The number of likely N-dealkylation sites (N-methyl/N-ethyl adjacent to an activating group) is 1. The SMILES string of the molecule is CN(C)Cc1cc2ccccc2n1CC(=O)N(C)CCc1ccccc1. The van der Waals surface area contributed by atoms with Crippen molar-refractivity contribution in [2.45, 2.75) is 19.5 Å². The number of carbonyl (C=O) groups is 1. The van der Waals surface area contributed by atoms with Crippen molar-refractivity contribution in [1.82, 2.24) is 14.4 Å². The number of nitrogens with zero attached hydrogens (tertiary/aromatic N) is 3. The third-order valence-electron chi connectivity index (χ3n) is 4.67. The Morgan fingerprint density at radius 1 is 0.962 bits per heavy atom. The highest BCUT2D eigenvalue weighted by molar-refractivity contribution is 5.84. The van der Waals surface area contributed by atoms with Crippen LogP contribution in [0.3, 0.4) is 0 Å². The van der Waals surface area contributed by atoms with Crippen LogP contribution in [-0.2, 0) is 24.3 Å². The number of para-hydroxylation sites is 1. The van der Waals surface area contributed by atoms with Gasteiger partial charge >= 0.3 is 0 Å². The van der Waals surface area contributed by atoms with Crippen molar-refractivity contribution >= 4 is 16.8 Å². The largest absolute Gasteiger partial charge is 0.344 e. The number of fused-ring (bicyclic) bond motifs is 1. The molecule has 0 bridgehead atoms. The third kappa shape index (κ3) is 4.33. The summed E-state index contributed by atoms with van der Waals surface area (Å²) in [6, 6.07) is 20.8. The van der Waals surface area contributed by atoms with Crippen LogP contribution in [0.1, 0.15) is 11.3 Å². The maximum absolute atomic E-state index is 12.8. The number of aromatic nitrogens is 1. The Morgan fingerprint density at radius 2 is 1.65 bits per heavy atom. The van der Waals surface area contributed by atoms with Gasteiger partial charge in [-0.3, -0.25) is 4.79 Å². The summed E-state index contributed by atoms with van der Waals surface area (Å²) >= 11 is 0. The lowest BCUT2D eigenvalue weighted by Crippen LogP contribution is -2.32. The quantitative estimate of drug-likeness (QED) is 0.654. The van der Waals surface area contributed by atoms with Crippen LogP contribution >= 0.6 is 0 Å². The number of carbonyl (C=O) groups excluding carboxylic acids is 1. The van der Waals surface area contributed by atoms with Gasteiger partial charge in [-0.05, 0) is 43.6 Å². The van der Waals surface area contributed by atoms with Crippen molar-refractivity contribution in [1.29, 1.82) is 0 Å². The zero-order valence-electron chi connectivity index (χ0n) is 15.9. The molecule has 1 aromatic heterocycles. The van der Waals surface area contributed by atoms with Gasteiger partial charge in [0, 0.05) is 31.3 Å². The lowest BCUT2D eigenvalue weighted by Gasteiger charge is -2.20. The van der Waals surface area contributed by atoms with Gasteiger partial charge < -0.3 is 14.4 Å². The molecule has 0 atom stereocenters. The Labute approximate surface area is 155 Å². The van der Waals surface area contributed by atoms with Gasteiger partial charge in [-0.2, -0.15) is 0 Å². The minimum absolute atomic E-state index is 0.141. The van der Waals surface area contributed by atoms with Gasteiger partial charge in [-0.15, -0.1) is 0 Å². The molecule has 0 N–H and O–H groups in total. The summed E-state index contributed by atoms with van der Waals surface area (Å²) in [5.41, 5.74) is 3.54. The van der Waals surface area contributed by atoms with E-state index in [1.165, 1.54) is 16.6 Å². The van der Waals surface area contributed by atoms with Crippen molar-refractivity contribution in [3.05, 3.63) is 71.9 Å². The van der Waals surface area contributed by atoms with Crippen molar-refractivity contribution in [2.75, 3.05) is 27.7 Å². The molecule has 0 radical (unpaired) electrons. The van der Waals surface area contributed by atoms with Gasteiger partial charge in [0.15, 0.2) is 0 Å². The first-order valence-corrected chi connectivity index (χ1v) is 9.04. The minimum atomic E-state index is 0.141. The first-order valence-electron chi connectivity index (χ1n) is 9.04. The molecule has 0 fully saturated rings. The minimum Gasteiger partial charge on any atom is -0.344 e. The summed E-state index contributed by atoms with van der Waals surface area (Å²) in [6.07, 6.45) is 0.875. The number of rotatable bonds is 7. The molecule has 4 heteroatoms. The Morgan fingerprint density at radius 3 is 2.38 bits per heavy atom. The zero-order chi connectivity index (χ0) is 18.5. The highest BCUT2D eigenvalue weighted by Crippen LogP contribution is 2.21. The van der Waals surface area contributed by atoms with Crippen LogP contribution in [0.2, 0.25) is 0 Å². The fourth-order valence-electron chi connectivity index (χ4n) is 3.23. The van der Waals surface area contributed by atoms with Crippen LogP contribution in [0.15, 0.2) is 60.7 Å². The van der Waals surface area contributed by atoms with Gasteiger partial charge in [0.25, 0.3) is 0 Å². The van der Waals surface area contributed by atoms with E-state index in [2.05, 4.69) is 53.9 Å². The van der Waals surface area contributed by atoms with Crippen LogP contribution in [0, 0.1) is 0 Å². The molecule has 3 aromatic rings. The van der Waals surface area contributed by atoms with Crippen LogP contribution in [-0.4, -0.2) is 48.0 Å². The summed E-state index contributed by atoms with van der Waals surface area (Å²) < 4.78 is 2.15. The Bertz CT molecular complexity index is 867. The van der Waals surface area contributed by atoms with Crippen molar-refractivity contribution in [2.24, 2.45) is 0 Å². The maximum atomic E-state index is 12.8. The Hall–Kier alpha value is -2.59. The van der Waals surface area contributed by atoms with E-state index >= 15 is 0 Å². The number of amides is 1. The highest BCUT2D eigenvalue weighted by atomic mass is 16.2. The molecule has 0 aliphatic rings. The predicted octanol–water partition coefficient (Wildman–Crippen LogP) is 3.40. The molecule has 0 saturated carbocycles. The molecule has 0 saturated heterocycles. The third-order valence-corrected chi connectivity index (χ3v) is 4.67. The van der Waals surface area contributed by atoms with Gasteiger partial charge in [-0.25, -0.2) is 0 Å². The highest BCUT2D eigenvalue weighted by Gasteiger charge is 2.15. The maximum Gasteiger partial charge on any atom is 0.242 e. The standard InChI is InChI=1S/C22H27N3O/c1-23(2)16-20-15-19-11-7-8-12-21(19)25(20)17-22(26)24(3)14-13-18-9-5-4-6-10-18/h4-12,15H,13-14,16-17H2,1-3H3. The topological polar surface area (TPSA) is 28.5 Å². The summed E-state index contributed by atoms with van der Waals surface area (Å²) in [7, 11) is 5.99. The summed E-state index contributed by atoms with van der Waals surface area (Å²) in [4.78, 5) is 16.8. The van der Waals surface area contributed by atoms with Crippen LogP contribution in [0.5, 0.6) is 0 Å². The molecule has 2 aromatic carbocycles. The van der Waals surface area contributed by atoms with E-state index in [1.807, 2.05) is 42.3 Å². The van der Waals surface area contributed by atoms with E-state index in [9.17, 15) is 4.79 Å². The summed E-state index contributed by atoms with van der Waals surface area (Å²) in [5.74, 6) is 0.141. The van der Waals surface area contributed by atoms with E-state index in [0.717, 1.165) is 25.0 Å². The predicted molar refractivity (Wildman–Crippen MR) is 107 cm³/mol. The van der Waals surface area contributed by atoms with E-state index in [-0.39, 0.29) is 5.91 Å². The summed E-state index contributed by atoms with van der Waals surface area (Å²) in [5, 5.41) is 1.18. The molecule has 1 amide bonds. The van der Waals surface area contributed by atoms with Crippen LogP contribution in [0.4, 0.5) is 0 Å². The van der Waals surface area contributed by atoms with E-state index in [1.54, 1.807) is 0 Å². The van der Waals surface area contributed by atoms with E-state index in [4.69, 9.17) is 0 Å². The number of benzene rings is 2. The molecule has 4 nitrogen and oxygen atoms in total. The van der Waals surface area contributed by atoms with Crippen molar-refractivity contribution < 1.29 is 4.79 Å². The second-order valence-corrected chi connectivity index (χ2v) is 7.07. The fraction of sp³-hybridized carbons (Fsp3) is 0.318. The van der Waals surface area contributed by atoms with Crippen molar-refractivity contribution in [3.8, 4) is 0 Å². The van der Waals surface area contributed by atoms with Gasteiger partial charge in [0.05, 0.1) is 0 Å². The van der Waals surface area contributed by atoms with Gasteiger partial charge in [0.2, 0.25) is 5.91 Å². The molecule has 0 spiro atoms. The normalized spacial score (nSPS) is 11.2. The summed E-state index contributed by atoms with van der Waals surface area (Å²) in [6.45, 7) is 1.92. The molecular weight excluding hydrogens is 322 g/mol.